The molecule has 5 N–H and O–H groups in total. The van der Waals surface area contributed by atoms with Gasteiger partial charge in [0.25, 0.3) is 0 Å². The molecule has 0 unspecified atom stereocenters. The second kappa shape index (κ2) is 5.11. The van der Waals surface area contributed by atoms with Crippen molar-refractivity contribution in [1.82, 2.24) is 9.71 Å². The van der Waals surface area contributed by atoms with Crippen LogP contribution in [0.15, 0.2) is 18.2 Å². The molecular formula is C11H16N4O3. The number of para-hydroxylation sites is 1. The highest BCUT2D eigenvalue weighted by molar-refractivity contribution is 5.90. The van der Waals surface area contributed by atoms with Gasteiger partial charge in [-0.1, -0.05) is 6.07 Å². The van der Waals surface area contributed by atoms with Crippen molar-refractivity contribution in [1.29, 1.82) is 0 Å². The van der Waals surface area contributed by atoms with Gasteiger partial charge in [0.1, 0.15) is 11.0 Å². The molecule has 2 rings (SSSR count). The summed E-state index contributed by atoms with van der Waals surface area (Å²) in [6, 6.07) is 5.26. The van der Waals surface area contributed by atoms with Crippen molar-refractivity contribution in [2.24, 2.45) is 0 Å². The molecule has 0 fully saturated rings. The summed E-state index contributed by atoms with van der Waals surface area (Å²) in [6.45, 7) is 0.674. The fourth-order valence-electron chi connectivity index (χ4n) is 1.94. The summed E-state index contributed by atoms with van der Waals surface area (Å²) in [6.07, 6.45) is 0. The number of aromatic nitrogens is 2. The number of nitrogens with zero attached hydrogens (tertiary/aromatic N) is 3. The third-order valence-electron chi connectivity index (χ3n) is 2.75. The van der Waals surface area contributed by atoms with E-state index in [-0.39, 0.29) is 19.2 Å². The molecule has 0 amide bonds. The molecule has 1 heterocycles. The lowest BCUT2D eigenvalue weighted by Crippen LogP contribution is -2.29. The predicted octanol–water partition coefficient (Wildman–Crippen LogP) is -0.353. The molecule has 0 atom stereocenters. The number of nitrogen functional groups attached to an aromatic ring is 1. The Bertz CT molecular complexity index is 534. The number of fused-ring (bicyclic) bond motifs is 1. The Morgan fingerprint density at radius 2 is 1.89 bits per heavy atom. The minimum atomic E-state index is -0.0360. The number of rotatable bonds is 5. The summed E-state index contributed by atoms with van der Waals surface area (Å²) in [5.41, 5.74) is 7.30. The molecule has 1 aromatic carbocycles. The number of imidazole rings is 1. The zero-order chi connectivity index (χ0) is 13.1. The van der Waals surface area contributed by atoms with E-state index in [2.05, 4.69) is 4.98 Å². The number of hydrogen-bond acceptors (Lipinski definition) is 6. The molecule has 0 saturated heterocycles. The Morgan fingerprint density at radius 1 is 1.22 bits per heavy atom. The van der Waals surface area contributed by atoms with E-state index in [4.69, 9.17) is 15.9 Å². The molecule has 0 aliphatic heterocycles. The molecule has 2 aromatic rings. The smallest absolute Gasteiger partial charge is 0.235 e. The minimum absolute atomic E-state index is 0.00500. The van der Waals surface area contributed by atoms with E-state index in [1.807, 2.05) is 0 Å². The first-order valence-electron chi connectivity index (χ1n) is 5.62. The van der Waals surface area contributed by atoms with Crippen LogP contribution >= 0.6 is 0 Å². The monoisotopic (exact) mass is 252 g/mol. The molecule has 1 aromatic heterocycles. The molecule has 0 radical (unpaired) electrons. The maximum atomic E-state index is 9.68. The van der Waals surface area contributed by atoms with Crippen LogP contribution in [0.1, 0.15) is 0 Å². The molecule has 0 saturated carbocycles. The first-order chi connectivity index (χ1) is 8.69. The molecule has 7 heteroatoms. The fraction of sp³-hybridized carbons (Fsp3) is 0.364. The average Bonchev–Trinajstić information content (AvgIpc) is 2.65. The van der Waals surface area contributed by atoms with Crippen LogP contribution in [0.25, 0.3) is 11.0 Å². The van der Waals surface area contributed by atoms with E-state index in [9.17, 15) is 5.21 Å². The molecule has 0 aliphatic rings. The van der Waals surface area contributed by atoms with Crippen LogP contribution in [0, 0.1) is 0 Å². The molecular weight excluding hydrogens is 236 g/mol. The lowest BCUT2D eigenvalue weighted by atomic mass is 10.2. The van der Waals surface area contributed by atoms with Gasteiger partial charge in [-0.05, 0) is 12.1 Å². The number of anilines is 2. The zero-order valence-electron chi connectivity index (χ0n) is 9.82. The molecule has 0 bridgehead atoms. The van der Waals surface area contributed by atoms with Gasteiger partial charge in [-0.3, -0.25) is 0 Å². The van der Waals surface area contributed by atoms with Crippen LogP contribution in [-0.4, -0.2) is 51.4 Å². The van der Waals surface area contributed by atoms with E-state index < -0.39 is 0 Å². The Morgan fingerprint density at radius 3 is 2.50 bits per heavy atom. The maximum absolute atomic E-state index is 9.68. The quantitative estimate of drug-likeness (QED) is 0.542. The molecule has 98 valence electrons. The summed E-state index contributed by atoms with van der Waals surface area (Å²) in [4.78, 5) is 5.87. The van der Waals surface area contributed by atoms with Gasteiger partial charge in [0, 0.05) is 13.1 Å². The average molecular weight is 252 g/mol. The Hall–Kier alpha value is -1.99. The van der Waals surface area contributed by atoms with Crippen LogP contribution in [0.4, 0.5) is 11.6 Å². The third kappa shape index (κ3) is 2.05. The fourth-order valence-corrected chi connectivity index (χ4v) is 1.94. The van der Waals surface area contributed by atoms with Crippen LogP contribution in [0.5, 0.6) is 0 Å². The standard InChI is InChI=1S/C11H16N4O3/c12-11-13-10-8(14(4-6-16)5-7-17)2-1-3-9(10)15(11)18/h1-3,16-18H,4-7H2,(H2,12,13). The number of aliphatic hydroxyl groups is 2. The van der Waals surface area contributed by atoms with Crippen LogP contribution in [0.3, 0.4) is 0 Å². The van der Waals surface area contributed by atoms with Crippen molar-refractivity contribution in [3.05, 3.63) is 18.2 Å². The van der Waals surface area contributed by atoms with Gasteiger partial charge in [0.2, 0.25) is 5.95 Å². The minimum Gasteiger partial charge on any atom is -0.425 e. The van der Waals surface area contributed by atoms with Crippen LogP contribution in [-0.2, 0) is 0 Å². The second-order valence-corrected chi connectivity index (χ2v) is 3.86. The molecule has 7 nitrogen and oxygen atoms in total. The number of aliphatic hydroxyl groups excluding tert-OH is 2. The number of benzene rings is 1. The second-order valence-electron chi connectivity index (χ2n) is 3.86. The van der Waals surface area contributed by atoms with Crippen molar-refractivity contribution in [3.8, 4) is 0 Å². The highest BCUT2D eigenvalue weighted by Gasteiger charge is 2.15. The zero-order valence-corrected chi connectivity index (χ0v) is 9.82. The highest BCUT2D eigenvalue weighted by atomic mass is 16.5. The lowest BCUT2D eigenvalue weighted by Gasteiger charge is -2.23. The lowest BCUT2D eigenvalue weighted by molar-refractivity contribution is 0.204. The van der Waals surface area contributed by atoms with Gasteiger partial charge < -0.3 is 26.1 Å². The van der Waals surface area contributed by atoms with Crippen LogP contribution in [0.2, 0.25) is 0 Å². The summed E-state index contributed by atoms with van der Waals surface area (Å²) in [5.74, 6) is 0.00500. The molecule has 0 spiro atoms. The number of hydrogen-bond donors (Lipinski definition) is 4. The van der Waals surface area contributed by atoms with E-state index in [0.717, 1.165) is 10.4 Å². The van der Waals surface area contributed by atoms with Crippen molar-refractivity contribution >= 4 is 22.7 Å². The van der Waals surface area contributed by atoms with Gasteiger partial charge in [-0.2, -0.15) is 0 Å². The van der Waals surface area contributed by atoms with E-state index >= 15 is 0 Å². The van der Waals surface area contributed by atoms with Crippen molar-refractivity contribution in [3.63, 3.8) is 0 Å². The third-order valence-corrected chi connectivity index (χ3v) is 2.75. The summed E-state index contributed by atoms with van der Waals surface area (Å²) in [7, 11) is 0. The Kier molecular flexibility index (Phi) is 3.54. The normalized spacial score (nSPS) is 11.0. The summed E-state index contributed by atoms with van der Waals surface area (Å²) < 4.78 is 0.814. The Labute approximate surface area is 104 Å². The van der Waals surface area contributed by atoms with Crippen molar-refractivity contribution in [2.75, 3.05) is 36.9 Å². The summed E-state index contributed by atoms with van der Waals surface area (Å²) >= 11 is 0. The van der Waals surface area contributed by atoms with Gasteiger partial charge in [-0.25, -0.2) is 4.98 Å². The maximum Gasteiger partial charge on any atom is 0.235 e. The van der Waals surface area contributed by atoms with Crippen molar-refractivity contribution < 1.29 is 15.4 Å². The van der Waals surface area contributed by atoms with Gasteiger partial charge >= 0.3 is 0 Å². The van der Waals surface area contributed by atoms with E-state index in [1.165, 1.54) is 0 Å². The van der Waals surface area contributed by atoms with E-state index in [1.54, 1.807) is 23.1 Å². The highest BCUT2D eigenvalue weighted by Crippen LogP contribution is 2.26. The first kappa shape index (κ1) is 12.5. The van der Waals surface area contributed by atoms with Gasteiger partial charge in [-0.15, -0.1) is 4.73 Å². The van der Waals surface area contributed by atoms with Gasteiger partial charge in [0.05, 0.1) is 18.9 Å². The van der Waals surface area contributed by atoms with Crippen molar-refractivity contribution in [2.45, 2.75) is 0 Å². The predicted molar refractivity (Wildman–Crippen MR) is 67.7 cm³/mol. The number of nitrogens with two attached hydrogens (primary N) is 1. The summed E-state index contributed by atoms with van der Waals surface area (Å²) in [5, 5.41) is 27.7. The SMILES string of the molecule is Nc1nc2c(N(CCO)CCO)cccc2n1O. The largest absolute Gasteiger partial charge is 0.425 e. The Balaban J connectivity index is 2.51. The topological polar surface area (TPSA) is 108 Å². The molecule has 0 aliphatic carbocycles. The van der Waals surface area contributed by atoms with Gasteiger partial charge in [0.15, 0.2) is 0 Å². The van der Waals surface area contributed by atoms with Crippen LogP contribution < -0.4 is 10.6 Å². The first-order valence-corrected chi connectivity index (χ1v) is 5.62. The van der Waals surface area contributed by atoms with E-state index in [0.29, 0.717) is 24.1 Å². The molecule has 18 heavy (non-hydrogen) atoms.